The van der Waals surface area contributed by atoms with Crippen LogP contribution in [0.3, 0.4) is 0 Å². The molecule has 110 valence electrons. The maximum Gasteiger partial charge on any atom is 0.196 e. The molecule has 0 spiro atoms. The minimum Gasteiger partial charge on any atom is -0.497 e. The molecule has 0 aliphatic heterocycles. The fourth-order valence-corrected chi connectivity index (χ4v) is 2.32. The zero-order valence-electron chi connectivity index (χ0n) is 11.8. The van der Waals surface area contributed by atoms with Gasteiger partial charge in [0.15, 0.2) is 5.78 Å². The fraction of sp³-hybridized carbons (Fsp3) is 0.0556. The highest BCUT2D eigenvalue weighted by molar-refractivity contribution is 6.10. The van der Waals surface area contributed by atoms with Crippen LogP contribution < -0.4 is 4.74 Å². The monoisotopic (exact) mass is 298 g/mol. The van der Waals surface area contributed by atoms with Crippen molar-refractivity contribution in [3.05, 3.63) is 77.4 Å². The Hall–Kier alpha value is -2.75. The summed E-state index contributed by atoms with van der Waals surface area (Å²) in [6, 6.07) is 13.3. The van der Waals surface area contributed by atoms with Gasteiger partial charge in [0.1, 0.15) is 17.4 Å². The number of carbonyl (C=O) groups is 1. The number of carbonyl (C=O) groups excluding carboxylic acids is 1. The Labute approximate surface area is 126 Å². The van der Waals surface area contributed by atoms with E-state index in [1.54, 1.807) is 31.4 Å². The number of fused-ring (bicyclic) bond motifs is 1. The summed E-state index contributed by atoms with van der Waals surface area (Å²) < 4.78 is 32.1. The lowest BCUT2D eigenvalue weighted by molar-refractivity contribution is 0.103. The number of ether oxygens (including phenoxy) is 1. The molecule has 3 rings (SSSR count). The van der Waals surface area contributed by atoms with E-state index in [-0.39, 0.29) is 5.56 Å². The molecular formula is C18H12F2O2. The molecule has 3 aromatic carbocycles. The Morgan fingerprint density at radius 2 is 1.64 bits per heavy atom. The number of halogens is 2. The van der Waals surface area contributed by atoms with Crippen LogP contribution in [-0.4, -0.2) is 12.9 Å². The molecule has 0 saturated heterocycles. The van der Waals surface area contributed by atoms with Crippen LogP contribution in [0.15, 0.2) is 54.6 Å². The van der Waals surface area contributed by atoms with Gasteiger partial charge in [-0.3, -0.25) is 4.79 Å². The van der Waals surface area contributed by atoms with Crippen molar-refractivity contribution < 1.29 is 18.3 Å². The van der Waals surface area contributed by atoms with Crippen molar-refractivity contribution in [3.63, 3.8) is 0 Å². The third-order valence-corrected chi connectivity index (χ3v) is 3.48. The summed E-state index contributed by atoms with van der Waals surface area (Å²) in [7, 11) is 1.58. The molecule has 0 N–H and O–H groups in total. The van der Waals surface area contributed by atoms with Gasteiger partial charge in [-0.2, -0.15) is 0 Å². The van der Waals surface area contributed by atoms with E-state index < -0.39 is 17.4 Å². The number of methoxy groups -OCH3 is 1. The van der Waals surface area contributed by atoms with Crippen molar-refractivity contribution in [2.45, 2.75) is 0 Å². The standard InChI is InChI=1S/C18H12F2O2/c1-22-15-6-4-11-8-13(3-2-12(11)9-15)18(21)16-10-14(19)5-7-17(16)20/h2-10H,1H3. The number of hydrogen-bond acceptors (Lipinski definition) is 2. The number of ketones is 1. The minimum atomic E-state index is -0.735. The summed E-state index contributed by atoms with van der Waals surface area (Å²) in [5.41, 5.74) is 0.0371. The van der Waals surface area contributed by atoms with E-state index >= 15 is 0 Å². The smallest absolute Gasteiger partial charge is 0.196 e. The molecule has 0 aliphatic rings. The normalized spacial score (nSPS) is 10.7. The molecule has 0 atom stereocenters. The molecule has 0 aliphatic carbocycles. The molecule has 0 unspecified atom stereocenters. The van der Waals surface area contributed by atoms with Gasteiger partial charge in [-0.25, -0.2) is 8.78 Å². The molecule has 0 bridgehead atoms. The van der Waals surface area contributed by atoms with Gasteiger partial charge >= 0.3 is 0 Å². The van der Waals surface area contributed by atoms with Gasteiger partial charge in [0.2, 0.25) is 0 Å². The van der Waals surface area contributed by atoms with Crippen molar-refractivity contribution in [3.8, 4) is 5.75 Å². The van der Waals surface area contributed by atoms with E-state index in [0.29, 0.717) is 11.3 Å². The lowest BCUT2D eigenvalue weighted by atomic mass is 9.99. The summed E-state index contributed by atoms with van der Waals surface area (Å²) in [5, 5.41) is 1.72. The van der Waals surface area contributed by atoms with Crippen molar-refractivity contribution in [2.24, 2.45) is 0 Å². The first kappa shape index (κ1) is 14.2. The summed E-state index contributed by atoms with van der Waals surface area (Å²) in [5.74, 6) is -1.21. The van der Waals surface area contributed by atoms with Gasteiger partial charge in [-0.1, -0.05) is 18.2 Å². The predicted octanol–water partition coefficient (Wildman–Crippen LogP) is 4.36. The third-order valence-electron chi connectivity index (χ3n) is 3.48. The molecule has 2 nitrogen and oxygen atoms in total. The van der Waals surface area contributed by atoms with Gasteiger partial charge in [0.25, 0.3) is 0 Å². The Balaban J connectivity index is 2.06. The minimum absolute atomic E-state index is 0.270. The first-order valence-electron chi connectivity index (χ1n) is 6.66. The van der Waals surface area contributed by atoms with Gasteiger partial charge < -0.3 is 4.74 Å². The van der Waals surface area contributed by atoms with Crippen molar-refractivity contribution >= 4 is 16.6 Å². The van der Waals surface area contributed by atoms with Crippen LogP contribution in [0.4, 0.5) is 8.78 Å². The number of rotatable bonds is 3. The van der Waals surface area contributed by atoms with Crippen molar-refractivity contribution in [1.29, 1.82) is 0 Å². The molecule has 3 aromatic rings. The third kappa shape index (κ3) is 2.55. The molecular weight excluding hydrogens is 286 g/mol. The van der Waals surface area contributed by atoms with Crippen LogP contribution in [0, 0.1) is 11.6 Å². The molecule has 0 aromatic heterocycles. The second-order valence-corrected chi connectivity index (χ2v) is 4.88. The Morgan fingerprint density at radius 3 is 2.41 bits per heavy atom. The maximum absolute atomic E-state index is 13.7. The topological polar surface area (TPSA) is 26.3 Å². The largest absolute Gasteiger partial charge is 0.497 e. The van der Waals surface area contributed by atoms with Crippen LogP contribution in [0.25, 0.3) is 10.8 Å². The molecule has 0 saturated carbocycles. The van der Waals surface area contributed by atoms with Crippen molar-refractivity contribution in [2.75, 3.05) is 7.11 Å². The highest BCUT2D eigenvalue weighted by atomic mass is 19.1. The second-order valence-electron chi connectivity index (χ2n) is 4.88. The molecule has 0 heterocycles. The number of hydrogen-bond donors (Lipinski definition) is 0. The number of benzene rings is 3. The van der Waals surface area contributed by atoms with Crippen molar-refractivity contribution in [1.82, 2.24) is 0 Å². The van der Waals surface area contributed by atoms with E-state index in [1.165, 1.54) is 0 Å². The quantitative estimate of drug-likeness (QED) is 0.672. The predicted molar refractivity (Wildman–Crippen MR) is 80.3 cm³/mol. The van der Waals surface area contributed by atoms with Gasteiger partial charge in [-0.15, -0.1) is 0 Å². The Morgan fingerprint density at radius 1 is 0.909 bits per heavy atom. The van der Waals surface area contributed by atoms with Gasteiger partial charge in [0, 0.05) is 5.56 Å². The first-order chi connectivity index (χ1) is 10.6. The van der Waals surface area contributed by atoms with Crippen LogP contribution in [0.5, 0.6) is 5.75 Å². The Kier molecular flexibility index (Phi) is 3.59. The SMILES string of the molecule is COc1ccc2cc(C(=O)c3cc(F)ccc3F)ccc2c1. The summed E-state index contributed by atoms with van der Waals surface area (Å²) in [6.45, 7) is 0. The first-order valence-corrected chi connectivity index (χ1v) is 6.66. The van der Waals surface area contributed by atoms with E-state index in [2.05, 4.69) is 0 Å². The van der Waals surface area contributed by atoms with Crippen LogP contribution in [0.1, 0.15) is 15.9 Å². The molecule has 4 heteroatoms. The van der Waals surface area contributed by atoms with E-state index in [9.17, 15) is 13.6 Å². The molecule has 0 radical (unpaired) electrons. The zero-order chi connectivity index (χ0) is 15.7. The fourth-order valence-electron chi connectivity index (χ4n) is 2.32. The second kappa shape index (κ2) is 5.56. The van der Waals surface area contributed by atoms with E-state index in [0.717, 1.165) is 29.0 Å². The van der Waals surface area contributed by atoms with Crippen LogP contribution >= 0.6 is 0 Å². The summed E-state index contributed by atoms with van der Waals surface area (Å²) >= 11 is 0. The van der Waals surface area contributed by atoms with E-state index in [1.807, 2.05) is 12.1 Å². The summed E-state index contributed by atoms with van der Waals surface area (Å²) in [6.07, 6.45) is 0. The highest BCUT2D eigenvalue weighted by Crippen LogP contribution is 2.23. The van der Waals surface area contributed by atoms with Crippen LogP contribution in [0.2, 0.25) is 0 Å². The maximum atomic E-state index is 13.7. The average molecular weight is 298 g/mol. The molecule has 22 heavy (non-hydrogen) atoms. The van der Waals surface area contributed by atoms with Crippen LogP contribution in [-0.2, 0) is 0 Å². The Bertz CT molecular complexity index is 872. The summed E-state index contributed by atoms with van der Waals surface area (Å²) in [4.78, 5) is 12.4. The lowest BCUT2D eigenvalue weighted by Gasteiger charge is -2.06. The molecule has 0 fully saturated rings. The zero-order valence-corrected chi connectivity index (χ0v) is 11.8. The average Bonchev–Trinajstić information content (AvgIpc) is 2.55. The molecule has 0 amide bonds. The van der Waals surface area contributed by atoms with E-state index in [4.69, 9.17) is 4.74 Å². The highest BCUT2D eigenvalue weighted by Gasteiger charge is 2.15. The van der Waals surface area contributed by atoms with Gasteiger partial charge in [-0.05, 0) is 47.2 Å². The lowest BCUT2D eigenvalue weighted by Crippen LogP contribution is -2.05. The van der Waals surface area contributed by atoms with Gasteiger partial charge in [0.05, 0.1) is 12.7 Å².